The SMILES string of the molecule is COc1ccc(NC(=O)CN(C)C(=O)c2cnc(SC)n2-c2ccc(F)cc2)cc1. The molecule has 0 aliphatic carbocycles. The van der Waals surface area contributed by atoms with Crippen molar-refractivity contribution in [1.29, 1.82) is 0 Å². The Morgan fingerprint density at radius 2 is 1.83 bits per heavy atom. The minimum Gasteiger partial charge on any atom is -0.497 e. The summed E-state index contributed by atoms with van der Waals surface area (Å²) in [5.41, 5.74) is 1.49. The highest BCUT2D eigenvalue weighted by molar-refractivity contribution is 7.98. The van der Waals surface area contributed by atoms with Crippen molar-refractivity contribution in [3.63, 3.8) is 0 Å². The molecule has 30 heavy (non-hydrogen) atoms. The second-order valence-corrected chi connectivity index (χ2v) is 7.15. The average Bonchev–Trinajstić information content (AvgIpc) is 3.18. The number of halogens is 1. The smallest absolute Gasteiger partial charge is 0.272 e. The quantitative estimate of drug-likeness (QED) is 0.584. The molecule has 0 radical (unpaired) electrons. The van der Waals surface area contributed by atoms with Crippen LogP contribution < -0.4 is 10.1 Å². The molecular weight excluding hydrogens is 407 g/mol. The molecule has 1 heterocycles. The van der Waals surface area contributed by atoms with E-state index in [2.05, 4.69) is 10.3 Å². The minimum atomic E-state index is -0.378. The summed E-state index contributed by atoms with van der Waals surface area (Å²) >= 11 is 1.36. The number of carbonyl (C=O) groups is 2. The van der Waals surface area contributed by atoms with Gasteiger partial charge in [-0.25, -0.2) is 9.37 Å². The number of nitrogens with zero attached hydrogens (tertiary/aromatic N) is 3. The Morgan fingerprint density at radius 1 is 1.17 bits per heavy atom. The van der Waals surface area contributed by atoms with E-state index in [1.165, 1.54) is 42.0 Å². The first-order chi connectivity index (χ1) is 14.4. The Labute approximate surface area is 177 Å². The summed E-state index contributed by atoms with van der Waals surface area (Å²) in [4.78, 5) is 30.9. The second kappa shape index (κ2) is 9.45. The number of imidazole rings is 1. The number of ether oxygens (including phenoxy) is 1. The van der Waals surface area contributed by atoms with E-state index in [1.807, 2.05) is 6.26 Å². The summed E-state index contributed by atoms with van der Waals surface area (Å²) < 4.78 is 20.0. The molecule has 3 rings (SSSR count). The number of nitrogens with one attached hydrogen (secondary N) is 1. The van der Waals surface area contributed by atoms with Gasteiger partial charge in [0.1, 0.15) is 17.3 Å². The molecule has 2 aromatic carbocycles. The highest BCUT2D eigenvalue weighted by atomic mass is 32.2. The molecular formula is C21H21FN4O3S. The van der Waals surface area contributed by atoms with Crippen LogP contribution in [0.3, 0.4) is 0 Å². The van der Waals surface area contributed by atoms with Gasteiger partial charge in [0.15, 0.2) is 5.16 Å². The summed E-state index contributed by atoms with van der Waals surface area (Å²) in [7, 11) is 3.10. The van der Waals surface area contributed by atoms with E-state index in [-0.39, 0.29) is 29.9 Å². The molecule has 1 aromatic heterocycles. The van der Waals surface area contributed by atoms with Crippen molar-refractivity contribution in [2.45, 2.75) is 5.16 Å². The molecule has 3 aromatic rings. The van der Waals surface area contributed by atoms with Crippen molar-refractivity contribution >= 4 is 29.3 Å². The first-order valence-corrected chi connectivity index (χ1v) is 10.2. The van der Waals surface area contributed by atoms with Gasteiger partial charge in [0.2, 0.25) is 5.91 Å². The van der Waals surface area contributed by atoms with E-state index in [0.717, 1.165) is 0 Å². The van der Waals surface area contributed by atoms with Crippen molar-refractivity contribution in [1.82, 2.24) is 14.5 Å². The Kier molecular flexibility index (Phi) is 6.73. The van der Waals surface area contributed by atoms with Gasteiger partial charge in [-0.15, -0.1) is 0 Å². The molecule has 156 valence electrons. The Hall–Kier alpha value is -3.33. The number of rotatable bonds is 7. The van der Waals surface area contributed by atoms with Crippen molar-refractivity contribution in [3.05, 3.63) is 66.2 Å². The molecule has 0 fully saturated rings. The predicted octanol–water partition coefficient (Wildman–Crippen LogP) is 3.45. The van der Waals surface area contributed by atoms with Crippen LogP contribution in [-0.4, -0.2) is 53.2 Å². The van der Waals surface area contributed by atoms with E-state index >= 15 is 0 Å². The Bertz CT molecular complexity index is 1040. The molecule has 1 N–H and O–H groups in total. The molecule has 0 atom stereocenters. The predicted molar refractivity (Wildman–Crippen MR) is 114 cm³/mol. The number of methoxy groups -OCH3 is 1. The third-order valence-electron chi connectivity index (χ3n) is 4.32. The van der Waals surface area contributed by atoms with Crippen LogP contribution in [0.4, 0.5) is 10.1 Å². The lowest BCUT2D eigenvalue weighted by atomic mass is 10.3. The first-order valence-electron chi connectivity index (χ1n) is 9.00. The molecule has 9 heteroatoms. The van der Waals surface area contributed by atoms with E-state index in [0.29, 0.717) is 22.3 Å². The van der Waals surface area contributed by atoms with Gasteiger partial charge < -0.3 is 15.0 Å². The maximum atomic E-state index is 13.3. The van der Waals surface area contributed by atoms with Crippen LogP contribution >= 0.6 is 11.8 Å². The van der Waals surface area contributed by atoms with Gasteiger partial charge in [-0.1, -0.05) is 11.8 Å². The van der Waals surface area contributed by atoms with Crippen LogP contribution in [0.1, 0.15) is 10.5 Å². The zero-order chi connectivity index (χ0) is 21.7. The largest absolute Gasteiger partial charge is 0.497 e. The molecule has 0 bridgehead atoms. The fraction of sp³-hybridized carbons (Fsp3) is 0.190. The third kappa shape index (κ3) is 4.80. The van der Waals surface area contributed by atoms with E-state index in [1.54, 1.807) is 48.1 Å². The molecule has 0 spiro atoms. The lowest BCUT2D eigenvalue weighted by molar-refractivity contribution is -0.116. The molecule has 0 aliphatic rings. The van der Waals surface area contributed by atoms with Gasteiger partial charge in [0.05, 0.1) is 19.9 Å². The monoisotopic (exact) mass is 428 g/mol. The van der Waals surface area contributed by atoms with Crippen LogP contribution in [0.15, 0.2) is 59.9 Å². The van der Waals surface area contributed by atoms with Crippen LogP contribution in [0.5, 0.6) is 5.75 Å². The molecule has 7 nitrogen and oxygen atoms in total. The van der Waals surface area contributed by atoms with Crippen molar-refractivity contribution in [2.24, 2.45) is 0 Å². The van der Waals surface area contributed by atoms with Crippen molar-refractivity contribution in [2.75, 3.05) is 32.3 Å². The number of thioether (sulfide) groups is 1. The molecule has 0 saturated heterocycles. The number of amides is 2. The normalized spacial score (nSPS) is 10.5. The topological polar surface area (TPSA) is 76.5 Å². The fourth-order valence-corrected chi connectivity index (χ4v) is 3.37. The number of benzene rings is 2. The van der Waals surface area contributed by atoms with Crippen LogP contribution in [-0.2, 0) is 4.79 Å². The van der Waals surface area contributed by atoms with E-state index in [9.17, 15) is 14.0 Å². The van der Waals surface area contributed by atoms with Gasteiger partial charge in [-0.3, -0.25) is 14.2 Å². The fourth-order valence-electron chi connectivity index (χ4n) is 2.83. The summed E-state index contributed by atoms with van der Waals surface area (Å²) in [5.74, 6) is -0.408. The summed E-state index contributed by atoms with van der Waals surface area (Å²) in [5, 5.41) is 3.33. The van der Waals surface area contributed by atoms with E-state index < -0.39 is 0 Å². The summed E-state index contributed by atoms with van der Waals surface area (Å²) in [6.07, 6.45) is 3.29. The van der Waals surface area contributed by atoms with Crippen LogP contribution in [0.2, 0.25) is 0 Å². The van der Waals surface area contributed by atoms with Crippen LogP contribution in [0.25, 0.3) is 5.69 Å². The third-order valence-corrected chi connectivity index (χ3v) is 4.97. The van der Waals surface area contributed by atoms with Gasteiger partial charge in [-0.05, 0) is 54.8 Å². The average molecular weight is 428 g/mol. The minimum absolute atomic E-state index is 0.145. The molecule has 0 unspecified atom stereocenters. The number of anilines is 1. The van der Waals surface area contributed by atoms with Crippen molar-refractivity contribution in [3.8, 4) is 11.4 Å². The zero-order valence-corrected chi connectivity index (χ0v) is 17.6. The lowest BCUT2D eigenvalue weighted by Gasteiger charge is -2.18. The summed E-state index contributed by atoms with van der Waals surface area (Å²) in [6, 6.07) is 12.7. The molecule has 0 saturated carbocycles. The van der Waals surface area contributed by atoms with E-state index in [4.69, 9.17) is 4.74 Å². The maximum absolute atomic E-state index is 13.3. The second-order valence-electron chi connectivity index (χ2n) is 6.38. The van der Waals surface area contributed by atoms with Crippen molar-refractivity contribution < 1.29 is 18.7 Å². The number of carbonyl (C=O) groups excluding carboxylic acids is 2. The zero-order valence-electron chi connectivity index (χ0n) is 16.8. The summed E-state index contributed by atoms with van der Waals surface area (Å²) in [6.45, 7) is -0.145. The number of hydrogen-bond acceptors (Lipinski definition) is 5. The number of hydrogen-bond donors (Lipinski definition) is 1. The van der Waals surface area contributed by atoms with Gasteiger partial charge in [0, 0.05) is 18.4 Å². The highest BCUT2D eigenvalue weighted by Gasteiger charge is 2.22. The van der Waals surface area contributed by atoms with Gasteiger partial charge in [0.25, 0.3) is 5.91 Å². The Balaban J connectivity index is 1.74. The molecule has 0 aliphatic heterocycles. The standard InChI is InChI=1S/C21H21FN4O3S/c1-25(13-19(27)24-15-6-10-17(29-2)11-7-15)20(28)18-12-23-21(30-3)26(18)16-8-4-14(22)5-9-16/h4-12H,13H2,1-3H3,(H,24,27). The lowest BCUT2D eigenvalue weighted by Crippen LogP contribution is -2.35. The maximum Gasteiger partial charge on any atom is 0.272 e. The Morgan fingerprint density at radius 3 is 2.43 bits per heavy atom. The van der Waals surface area contributed by atoms with Crippen LogP contribution in [0, 0.1) is 5.82 Å². The number of likely N-dealkylation sites (N-methyl/N-ethyl adjacent to an activating group) is 1. The number of aromatic nitrogens is 2. The molecule has 2 amide bonds. The first kappa shape index (κ1) is 21.4. The van der Waals surface area contributed by atoms with Gasteiger partial charge >= 0.3 is 0 Å². The highest BCUT2D eigenvalue weighted by Crippen LogP contribution is 2.23. The van der Waals surface area contributed by atoms with Gasteiger partial charge in [-0.2, -0.15) is 0 Å².